The summed E-state index contributed by atoms with van der Waals surface area (Å²) in [5.41, 5.74) is 0. The fourth-order valence-corrected chi connectivity index (χ4v) is 6.94. The minimum absolute atomic E-state index is 0.0580. The van der Waals surface area contributed by atoms with Gasteiger partial charge in [-0.3, -0.25) is 4.79 Å². The van der Waals surface area contributed by atoms with E-state index in [0.29, 0.717) is 13.0 Å². The first-order valence-corrected chi connectivity index (χ1v) is 22.6. The smallest absolute Gasteiger partial charge is 0.306 e. The van der Waals surface area contributed by atoms with Crippen LogP contribution < -0.4 is 0 Å². The van der Waals surface area contributed by atoms with Crippen LogP contribution in [0, 0.1) is 0 Å². The van der Waals surface area contributed by atoms with Gasteiger partial charge in [0.1, 0.15) is 54.9 Å². The highest BCUT2D eigenvalue weighted by molar-refractivity contribution is 5.69. The molecule has 59 heavy (non-hydrogen) atoms. The van der Waals surface area contributed by atoms with E-state index in [2.05, 4.69) is 50.3 Å². The summed E-state index contributed by atoms with van der Waals surface area (Å²) in [5.74, 6) is -0.389. The van der Waals surface area contributed by atoms with Crippen molar-refractivity contribution in [3.05, 3.63) is 36.5 Å². The molecule has 0 bridgehead atoms. The van der Waals surface area contributed by atoms with Crippen molar-refractivity contribution >= 4 is 5.97 Å². The molecule has 0 spiro atoms. The predicted octanol–water partition coefficient (Wildman–Crippen LogP) is 5.07. The largest absolute Gasteiger partial charge is 0.457 e. The topological polar surface area (TPSA) is 214 Å². The van der Waals surface area contributed by atoms with Crippen LogP contribution in [-0.4, -0.2) is 142 Å². The van der Waals surface area contributed by atoms with Crippen molar-refractivity contribution in [2.75, 3.05) is 33.0 Å². The van der Waals surface area contributed by atoms with E-state index in [1.165, 1.54) is 51.4 Å². The van der Waals surface area contributed by atoms with Crippen LogP contribution in [0.25, 0.3) is 0 Å². The highest BCUT2D eigenvalue weighted by atomic mass is 16.7. The van der Waals surface area contributed by atoms with E-state index < -0.39 is 80.7 Å². The van der Waals surface area contributed by atoms with Crippen molar-refractivity contribution in [1.29, 1.82) is 0 Å². The van der Waals surface area contributed by atoms with Crippen molar-refractivity contribution < 1.29 is 69.0 Å². The van der Waals surface area contributed by atoms with Gasteiger partial charge < -0.3 is 64.2 Å². The van der Waals surface area contributed by atoms with Crippen molar-refractivity contribution in [1.82, 2.24) is 0 Å². The van der Waals surface area contributed by atoms with Crippen molar-refractivity contribution in [2.24, 2.45) is 0 Å². The lowest BCUT2D eigenvalue weighted by Crippen LogP contribution is -2.61. The fourth-order valence-electron chi connectivity index (χ4n) is 6.94. The molecule has 0 aromatic heterocycles. The van der Waals surface area contributed by atoms with E-state index in [1.54, 1.807) is 0 Å². The number of carbonyl (C=O) groups is 1. The number of rotatable bonds is 34. The monoisotopic (exact) mass is 845 g/mol. The molecule has 14 nitrogen and oxygen atoms in total. The van der Waals surface area contributed by atoms with Crippen molar-refractivity contribution in [3.63, 3.8) is 0 Å². The Labute approximate surface area is 353 Å². The standard InChI is InChI=1S/C45H80O14/c1-3-5-7-9-11-13-14-15-16-17-18-19-20-21-22-24-26-28-37(47)57-34(31-54-29-27-25-23-12-10-8-6-4-2)32-55-44-43(53)41(51)39(49)36(59-44)33-56-45-42(52)40(50)38(48)35(30-46)58-45/h5,7,11,13,15-16,34-36,38-46,48-53H,3-4,6,8-10,12,14,17-33H2,1-2H3/b7-5-,13-11-,16-15-. The fraction of sp³-hybridized carbons (Fsp3) is 0.844. The first-order valence-electron chi connectivity index (χ1n) is 22.6. The van der Waals surface area contributed by atoms with Crippen LogP contribution in [0.5, 0.6) is 0 Å². The molecule has 2 heterocycles. The van der Waals surface area contributed by atoms with Crippen molar-refractivity contribution in [3.8, 4) is 0 Å². The lowest BCUT2D eigenvalue weighted by atomic mass is 9.98. The second-order valence-electron chi connectivity index (χ2n) is 15.8. The highest BCUT2D eigenvalue weighted by Crippen LogP contribution is 2.26. The van der Waals surface area contributed by atoms with E-state index in [4.69, 9.17) is 28.4 Å². The molecule has 2 fully saturated rings. The molecule has 11 atom stereocenters. The summed E-state index contributed by atoms with van der Waals surface area (Å²) in [5, 5.41) is 71.8. The quantitative estimate of drug-likeness (QED) is 0.0256. The summed E-state index contributed by atoms with van der Waals surface area (Å²) in [6, 6.07) is 0. The molecule has 0 aromatic rings. The zero-order valence-corrected chi connectivity index (χ0v) is 36.0. The molecule has 0 aromatic carbocycles. The van der Waals surface area contributed by atoms with E-state index in [9.17, 15) is 40.5 Å². The Kier molecular flexibility index (Phi) is 30.6. The normalized spacial score (nSPS) is 28.3. The molecule has 344 valence electrons. The number of hydrogen-bond acceptors (Lipinski definition) is 14. The second-order valence-corrected chi connectivity index (χ2v) is 15.8. The Balaban J connectivity index is 1.79. The number of ether oxygens (including phenoxy) is 6. The van der Waals surface area contributed by atoms with E-state index >= 15 is 0 Å². The van der Waals surface area contributed by atoms with Crippen LogP contribution in [0.4, 0.5) is 0 Å². The maximum Gasteiger partial charge on any atom is 0.306 e. The van der Waals surface area contributed by atoms with Crippen LogP contribution in [-0.2, 0) is 33.2 Å². The molecule has 2 aliphatic heterocycles. The third-order valence-electron chi connectivity index (χ3n) is 10.7. The number of aliphatic hydroxyl groups excluding tert-OH is 7. The average molecular weight is 845 g/mol. The first kappa shape index (κ1) is 53.3. The van der Waals surface area contributed by atoms with Gasteiger partial charge in [0.05, 0.1) is 26.4 Å². The SMILES string of the molecule is CC/C=C\C/C=C\C/C=C\CCCCCCCCCC(=O)OC(COCCCCCCCCCC)COC1OC(COC2OC(CO)C(O)C(O)C2O)C(O)C(O)C1O. The molecule has 0 saturated carbocycles. The predicted molar refractivity (Wildman–Crippen MR) is 224 cm³/mol. The summed E-state index contributed by atoms with van der Waals surface area (Å²) in [7, 11) is 0. The van der Waals surface area contributed by atoms with Crippen LogP contribution in [0.3, 0.4) is 0 Å². The van der Waals surface area contributed by atoms with Crippen LogP contribution >= 0.6 is 0 Å². The molecule has 11 unspecified atom stereocenters. The second kappa shape index (κ2) is 33.8. The molecule has 7 N–H and O–H groups in total. The maximum atomic E-state index is 12.9. The Morgan fingerprint density at radius 3 is 1.73 bits per heavy atom. The van der Waals surface area contributed by atoms with Gasteiger partial charge in [0.25, 0.3) is 0 Å². The summed E-state index contributed by atoms with van der Waals surface area (Å²) < 4.78 is 34.0. The lowest BCUT2D eigenvalue weighted by molar-refractivity contribution is -0.332. The molecule has 0 aliphatic carbocycles. The van der Waals surface area contributed by atoms with Gasteiger partial charge in [0, 0.05) is 13.0 Å². The number of allylic oxidation sites excluding steroid dienone is 6. The minimum Gasteiger partial charge on any atom is -0.457 e. The van der Waals surface area contributed by atoms with Crippen molar-refractivity contribution in [2.45, 2.75) is 210 Å². The summed E-state index contributed by atoms with van der Waals surface area (Å²) in [6.07, 6.45) is 18.0. The van der Waals surface area contributed by atoms with Gasteiger partial charge in [-0.05, 0) is 44.9 Å². The molecule has 14 heteroatoms. The minimum atomic E-state index is -1.70. The van der Waals surface area contributed by atoms with Gasteiger partial charge >= 0.3 is 5.97 Å². The first-order chi connectivity index (χ1) is 28.6. The highest BCUT2D eigenvalue weighted by Gasteiger charge is 2.47. The summed E-state index contributed by atoms with van der Waals surface area (Å²) in [6.45, 7) is 3.52. The van der Waals surface area contributed by atoms with Crippen LogP contribution in [0.2, 0.25) is 0 Å². The Morgan fingerprint density at radius 1 is 0.576 bits per heavy atom. The molecule has 0 radical (unpaired) electrons. The molecule has 0 amide bonds. The van der Waals surface area contributed by atoms with E-state index in [-0.39, 0.29) is 25.6 Å². The number of hydrogen-bond donors (Lipinski definition) is 7. The average Bonchev–Trinajstić information content (AvgIpc) is 3.23. The third kappa shape index (κ3) is 22.8. The van der Waals surface area contributed by atoms with E-state index in [1.807, 2.05) is 0 Å². The Morgan fingerprint density at radius 2 is 1.10 bits per heavy atom. The number of unbranched alkanes of at least 4 members (excludes halogenated alkanes) is 14. The van der Waals surface area contributed by atoms with Gasteiger partial charge in [0.15, 0.2) is 12.6 Å². The lowest BCUT2D eigenvalue weighted by Gasteiger charge is -2.42. The molecular formula is C45H80O14. The Bertz CT molecular complexity index is 1120. The number of carbonyl (C=O) groups excluding carboxylic acids is 1. The zero-order chi connectivity index (χ0) is 43.1. The third-order valence-corrected chi connectivity index (χ3v) is 10.7. The van der Waals surface area contributed by atoms with Gasteiger partial charge in [-0.15, -0.1) is 0 Å². The summed E-state index contributed by atoms with van der Waals surface area (Å²) >= 11 is 0. The molecule has 2 aliphatic rings. The van der Waals surface area contributed by atoms with Crippen LogP contribution in [0.1, 0.15) is 142 Å². The van der Waals surface area contributed by atoms with Gasteiger partial charge in [-0.25, -0.2) is 0 Å². The zero-order valence-electron chi connectivity index (χ0n) is 36.0. The van der Waals surface area contributed by atoms with Gasteiger partial charge in [-0.2, -0.15) is 0 Å². The summed E-state index contributed by atoms with van der Waals surface area (Å²) in [4.78, 5) is 12.9. The molecular weight excluding hydrogens is 764 g/mol. The number of aliphatic hydroxyl groups is 7. The van der Waals surface area contributed by atoms with Crippen LogP contribution in [0.15, 0.2) is 36.5 Å². The number of esters is 1. The van der Waals surface area contributed by atoms with E-state index in [0.717, 1.165) is 64.2 Å². The molecule has 2 saturated heterocycles. The van der Waals surface area contributed by atoms with Gasteiger partial charge in [0.2, 0.25) is 0 Å². The Hall–Kier alpha value is -1.79. The van der Waals surface area contributed by atoms with Gasteiger partial charge in [-0.1, -0.05) is 127 Å². The molecule has 2 rings (SSSR count). The maximum absolute atomic E-state index is 12.9.